The van der Waals surface area contributed by atoms with Crippen molar-refractivity contribution >= 4 is 65.4 Å². The number of pyridine rings is 1. The summed E-state index contributed by atoms with van der Waals surface area (Å²) in [6.45, 7) is -0.381. The molecule has 0 saturated heterocycles. The van der Waals surface area contributed by atoms with E-state index in [1.807, 2.05) is 0 Å². The molecule has 0 aliphatic carbocycles. The molecule has 114 valence electrons. The van der Waals surface area contributed by atoms with Gasteiger partial charge in [-0.3, -0.25) is 9.78 Å². The van der Waals surface area contributed by atoms with Crippen LogP contribution in [0.5, 0.6) is 0 Å². The summed E-state index contributed by atoms with van der Waals surface area (Å²) in [5.74, 6) is -1.04. The van der Waals surface area contributed by atoms with Crippen LogP contribution in [0.25, 0.3) is 0 Å². The van der Waals surface area contributed by atoms with E-state index in [2.05, 4.69) is 58.1 Å². The highest BCUT2D eigenvalue weighted by Crippen LogP contribution is 2.26. The van der Waals surface area contributed by atoms with Gasteiger partial charge < -0.3 is 10.1 Å². The largest absolute Gasteiger partial charge is 0.452 e. The molecule has 0 saturated carbocycles. The normalized spacial score (nSPS) is 10.1. The average Bonchev–Trinajstić information content (AvgIpc) is 2.47. The second kappa shape index (κ2) is 7.85. The van der Waals surface area contributed by atoms with Gasteiger partial charge in [-0.05, 0) is 56.1 Å². The molecule has 0 aliphatic heterocycles. The van der Waals surface area contributed by atoms with Crippen LogP contribution in [0.3, 0.4) is 0 Å². The minimum atomic E-state index is -0.612. The lowest BCUT2D eigenvalue weighted by molar-refractivity contribution is -0.119. The van der Waals surface area contributed by atoms with Crippen LogP contribution in [0, 0.1) is 0 Å². The molecule has 0 radical (unpaired) electrons. The quantitative estimate of drug-likeness (QED) is 0.651. The number of rotatable bonds is 4. The zero-order valence-electron chi connectivity index (χ0n) is 11.0. The minimum Gasteiger partial charge on any atom is -0.452 e. The molecule has 2 aromatic rings. The fourth-order valence-corrected chi connectivity index (χ4v) is 3.03. The number of nitrogens with zero attached hydrogens (tertiary/aromatic N) is 1. The molecule has 0 fully saturated rings. The van der Waals surface area contributed by atoms with E-state index in [0.717, 1.165) is 8.95 Å². The van der Waals surface area contributed by atoms with E-state index in [-0.39, 0.29) is 12.2 Å². The number of anilines is 1. The molecule has 0 aliphatic rings. The fraction of sp³-hybridized carbons (Fsp3) is 0.0714. The summed E-state index contributed by atoms with van der Waals surface area (Å²) in [6.07, 6.45) is 2.92. The summed E-state index contributed by atoms with van der Waals surface area (Å²) >= 11 is 9.87. The third-order valence-corrected chi connectivity index (χ3v) is 4.06. The van der Waals surface area contributed by atoms with Gasteiger partial charge in [0.25, 0.3) is 5.91 Å². The molecular formula is C14H9Br3N2O3. The molecule has 5 nitrogen and oxygen atoms in total. The first-order chi connectivity index (χ1) is 10.5. The van der Waals surface area contributed by atoms with Crippen molar-refractivity contribution in [1.29, 1.82) is 0 Å². The number of amides is 1. The van der Waals surface area contributed by atoms with Gasteiger partial charge in [-0.25, -0.2) is 4.79 Å². The number of esters is 1. The van der Waals surface area contributed by atoms with Gasteiger partial charge in [0, 0.05) is 25.8 Å². The third-order valence-electron chi connectivity index (χ3n) is 2.48. The number of carbonyl (C=O) groups excluding carboxylic acids is 2. The van der Waals surface area contributed by atoms with Crippen molar-refractivity contribution in [3.63, 3.8) is 0 Å². The van der Waals surface area contributed by atoms with Crippen LogP contribution in [0.15, 0.2) is 50.1 Å². The predicted octanol–water partition coefficient (Wildman–Crippen LogP) is 4.16. The SMILES string of the molecule is O=C(COC(=O)c1cncc(Br)c1)Nc1ccc(Br)cc1Br. The highest BCUT2D eigenvalue weighted by molar-refractivity contribution is 9.11. The van der Waals surface area contributed by atoms with Crippen molar-refractivity contribution in [2.75, 3.05) is 11.9 Å². The number of carbonyl (C=O) groups is 2. The summed E-state index contributed by atoms with van der Waals surface area (Å²) in [6, 6.07) is 6.89. The number of halogens is 3. The summed E-state index contributed by atoms with van der Waals surface area (Å²) in [5, 5.41) is 2.65. The maximum absolute atomic E-state index is 11.8. The highest BCUT2D eigenvalue weighted by Gasteiger charge is 2.12. The van der Waals surface area contributed by atoms with Gasteiger partial charge in [-0.1, -0.05) is 15.9 Å². The van der Waals surface area contributed by atoms with Crippen LogP contribution >= 0.6 is 47.8 Å². The van der Waals surface area contributed by atoms with E-state index in [1.165, 1.54) is 6.20 Å². The van der Waals surface area contributed by atoms with E-state index in [9.17, 15) is 9.59 Å². The Morgan fingerprint density at radius 2 is 1.86 bits per heavy atom. The van der Waals surface area contributed by atoms with E-state index in [1.54, 1.807) is 30.5 Å². The average molecular weight is 493 g/mol. The van der Waals surface area contributed by atoms with Crippen LogP contribution in [0.2, 0.25) is 0 Å². The second-order valence-corrected chi connectivity index (χ2v) is 6.83. The Labute approximate surface area is 151 Å². The fourth-order valence-electron chi connectivity index (χ4n) is 1.52. The van der Waals surface area contributed by atoms with E-state index < -0.39 is 11.9 Å². The van der Waals surface area contributed by atoms with Crippen LogP contribution in [0.1, 0.15) is 10.4 Å². The van der Waals surface area contributed by atoms with Gasteiger partial charge in [-0.15, -0.1) is 0 Å². The van der Waals surface area contributed by atoms with Crippen LogP contribution in [0.4, 0.5) is 5.69 Å². The number of aromatic nitrogens is 1. The highest BCUT2D eigenvalue weighted by atomic mass is 79.9. The van der Waals surface area contributed by atoms with Crippen LogP contribution in [-0.2, 0) is 9.53 Å². The van der Waals surface area contributed by atoms with Crippen LogP contribution < -0.4 is 5.32 Å². The predicted molar refractivity (Wildman–Crippen MR) is 92.7 cm³/mol. The molecule has 1 amide bonds. The first-order valence-corrected chi connectivity index (χ1v) is 8.36. The van der Waals surface area contributed by atoms with E-state index >= 15 is 0 Å². The maximum Gasteiger partial charge on any atom is 0.340 e. The Kier molecular flexibility index (Phi) is 6.10. The molecule has 8 heteroatoms. The molecule has 0 unspecified atom stereocenters. The maximum atomic E-state index is 11.8. The summed E-state index contributed by atoms with van der Waals surface area (Å²) in [7, 11) is 0. The Morgan fingerprint density at radius 1 is 1.09 bits per heavy atom. The monoisotopic (exact) mass is 490 g/mol. The second-order valence-electron chi connectivity index (χ2n) is 4.14. The Balaban J connectivity index is 1.91. The smallest absolute Gasteiger partial charge is 0.340 e. The molecule has 0 spiro atoms. The zero-order valence-corrected chi connectivity index (χ0v) is 15.7. The van der Waals surface area contributed by atoms with Crippen molar-refractivity contribution in [1.82, 2.24) is 4.98 Å². The Bertz CT molecular complexity index is 722. The Hall–Kier alpha value is -1.25. The first-order valence-electron chi connectivity index (χ1n) is 5.98. The van der Waals surface area contributed by atoms with Crippen molar-refractivity contribution < 1.29 is 14.3 Å². The number of benzene rings is 1. The van der Waals surface area contributed by atoms with E-state index in [0.29, 0.717) is 10.2 Å². The molecule has 2 rings (SSSR count). The summed E-state index contributed by atoms with van der Waals surface area (Å²) < 4.78 is 7.20. The lowest BCUT2D eigenvalue weighted by Crippen LogP contribution is -2.21. The topological polar surface area (TPSA) is 68.3 Å². The number of nitrogens with one attached hydrogen (secondary N) is 1. The third kappa shape index (κ3) is 4.89. The first kappa shape index (κ1) is 17.1. The zero-order chi connectivity index (χ0) is 16.1. The van der Waals surface area contributed by atoms with Crippen molar-refractivity contribution in [3.8, 4) is 0 Å². The molecule has 1 aromatic heterocycles. The summed E-state index contributed by atoms with van der Waals surface area (Å²) in [5.41, 5.74) is 0.861. The van der Waals surface area contributed by atoms with Gasteiger partial charge in [0.1, 0.15) is 0 Å². The molecule has 22 heavy (non-hydrogen) atoms. The molecule has 0 atom stereocenters. The summed E-state index contributed by atoms with van der Waals surface area (Å²) in [4.78, 5) is 27.5. The van der Waals surface area contributed by atoms with Gasteiger partial charge in [0.05, 0.1) is 11.3 Å². The lowest BCUT2D eigenvalue weighted by Gasteiger charge is -2.08. The molecular weight excluding hydrogens is 484 g/mol. The molecule has 1 aromatic carbocycles. The van der Waals surface area contributed by atoms with Gasteiger partial charge in [-0.2, -0.15) is 0 Å². The van der Waals surface area contributed by atoms with Gasteiger partial charge >= 0.3 is 5.97 Å². The van der Waals surface area contributed by atoms with E-state index in [4.69, 9.17) is 4.74 Å². The van der Waals surface area contributed by atoms with Crippen LogP contribution in [-0.4, -0.2) is 23.5 Å². The Morgan fingerprint density at radius 3 is 2.55 bits per heavy atom. The standard InChI is InChI=1S/C14H9Br3N2O3/c15-9-1-2-12(11(17)4-9)19-13(20)7-22-14(21)8-3-10(16)6-18-5-8/h1-6H,7H2,(H,19,20). The molecule has 1 heterocycles. The molecule has 1 N–H and O–H groups in total. The van der Waals surface area contributed by atoms with Crippen molar-refractivity contribution in [2.24, 2.45) is 0 Å². The van der Waals surface area contributed by atoms with Crippen molar-refractivity contribution in [2.45, 2.75) is 0 Å². The van der Waals surface area contributed by atoms with Gasteiger partial charge in [0.2, 0.25) is 0 Å². The number of ether oxygens (including phenoxy) is 1. The number of hydrogen-bond donors (Lipinski definition) is 1. The lowest BCUT2D eigenvalue weighted by atomic mass is 10.3. The minimum absolute atomic E-state index is 0.270. The van der Waals surface area contributed by atoms with Gasteiger partial charge in [0.15, 0.2) is 6.61 Å². The number of hydrogen-bond acceptors (Lipinski definition) is 4. The molecule has 0 bridgehead atoms. The van der Waals surface area contributed by atoms with Crippen molar-refractivity contribution in [3.05, 3.63) is 55.6 Å².